The SMILES string of the molecule is CN1CCC(N(C)CC2CCC(O)CC2)C1. The van der Waals surface area contributed by atoms with E-state index >= 15 is 0 Å². The second-order valence-electron chi connectivity index (χ2n) is 5.82. The highest BCUT2D eigenvalue weighted by Crippen LogP contribution is 2.26. The van der Waals surface area contributed by atoms with Crippen LogP contribution < -0.4 is 0 Å². The van der Waals surface area contributed by atoms with E-state index in [4.69, 9.17) is 0 Å². The molecule has 0 spiro atoms. The van der Waals surface area contributed by atoms with Gasteiger partial charge in [-0.25, -0.2) is 0 Å². The van der Waals surface area contributed by atoms with Gasteiger partial charge in [-0.15, -0.1) is 0 Å². The molecule has 0 radical (unpaired) electrons. The third kappa shape index (κ3) is 3.19. The number of hydrogen-bond acceptors (Lipinski definition) is 3. The van der Waals surface area contributed by atoms with E-state index in [0.29, 0.717) is 0 Å². The molecule has 0 amide bonds. The van der Waals surface area contributed by atoms with E-state index in [9.17, 15) is 5.11 Å². The van der Waals surface area contributed by atoms with Crippen molar-refractivity contribution in [3.8, 4) is 0 Å². The van der Waals surface area contributed by atoms with Crippen LogP contribution in [0.3, 0.4) is 0 Å². The fourth-order valence-electron chi connectivity index (χ4n) is 3.16. The van der Waals surface area contributed by atoms with Gasteiger partial charge in [-0.1, -0.05) is 0 Å². The summed E-state index contributed by atoms with van der Waals surface area (Å²) in [5.41, 5.74) is 0. The highest BCUT2D eigenvalue weighted by molar-refractivity contribution is 4.82. The van der Waals surface area contributed by atoms with Crippen LogP contribution in [0.5, 0.6) is 0 Å². The largest absolute Gasteiger partial charge is 0.393 e. The van der Waals surface area contributed by atoms with Gasteiger partial charge in [0.05, 0.1) is 6.10 Å². The van der Waals surface area contributed by atoms with E-state index in [0.717, 1.165) is 24.8 Å². The molecule has 1 saturated heterocycles. The van der Waals surface area contributed by atoms with Gasteiger partial charge in [0.1, 0.15) is 0 Å². The summed E-state index contributed by atoms with van der Waals surface area (Å²) in [6, 6.07) is 0.761. The minimum atomic E-state index is -0.0147. The summed E-state index contributed by atoms with van der Waals surface area (Å²) in [6.45, 7) is 3.70. The number of hydrogen-bond donors (Lipinski definition) is 1. The summed E-state index contributed by atoms with van der Waals surface area (Å²) >= 11 is 0. The van der Waals surface area contributed by atoms with E-state index in [1.54, 1.807) is 0 Å². The van der Waals surface area contributed by atoms with Gasteiger partial charge in [0, 0.05) is 19.1 Å². The van der Waals surface area contributed by atoms with Crippen LogP contribution in [0.4, 0.5) is 0 Å². The molecule has 3 heteroatoms. The van der Waals surface area contributed by atoms with Crippen molar-refractivity contribution >= 4 is 0 Å². The molecule has 2 aliphatic rings. The predicted molar refractivity (Wildman–Crippen MR) is 66.5 cm³/mol. The molecule has 1 aliphatic heterocycles. The van der Waals surface area contributed by atoms with Crippen LogP contribution in [0.25, 0.3) is 0 Å². The molecule has 0 aromatic heterocycles. The van der Waals surface area contributed by atoms with Crippen molar-refractivity contribution in [2.45, 2.75) is 44.2 Å². The van der Waals surface area contributed by atoms with Gasteiger partial charge >= 0.3 is 0 Å². The molecule has 1 heterocycles. The fraction of sp³-hybridized carbons (Fsp3) is 1.00. The lowest BCUT2D eigenvalue weighted by atomic mass is 9.87. The standard InChI is InChI=1S/C13H26N2O/c1-14-8-7-12(10-14)15(2)9-11-3-5-13(16)6-4-11/h11-13,16H,3-10H2,1-2H3. The summed E-state index contributed by atoms with van der Waals surface area (Å²) in [7, 11) is 4.49. The van der Waals surface area contributed by atoms with Gasteiger partial charge in [-0.05, 0) is 58.7 Å². The lowest BCUT2D eigenvalue weighted by Crippen LogP contribution is -2.38. The van der Waals surface area contributed by atoms with Crippen LogP contribution in [0.1, 0.15) is 32.1 Å². The Labute approximate surface area is 99.4 Å². The Kier molecular flexibility index (Phi) is 4.22. The highest BCUT2D eigenvalue weighted by atomic mass is 16.3. The van der Waals surface area contributed by atoms with E-state index in [-0.39, 0.29) is 6.10 Å². The number of rotatable bonds is 3. The fourth-order valence-corrected chi connectivity index (χ4v) is 3.16. The van der Waals surface area contributed by atoms with E-state index in [1.165, 1.54) is 38.9 Å². The molecule has 0 aromatic rings. The summed E-state index contributed by atoms with van der Waals surface area (Å²) in [5, 5.41) is 9.49. The molecule has 2 fully saturated rings. The van der Waals surface area contributed by atoms with Gasteiger partial charge in [-0.3, -0.25) is 0 Å². The Morgan fingerprint density at radius 1 is 1.19 bits per heavy atom. The lowest BCUT2D eigenvalue weighted by Gasteiger charge is -2.32. The first kappa shape index (κ1) is 12.3. The van der Waals surface area contributed by atoms with Crippen LogP contribution in [-0.2, 0) is 0 Å². The van der Waals surface area contributed by atoms with Gasteiger partial charge in [0.25, 0.3) is 0 Å². The molecule has 0 bridgehead atoms. The average Bonchev–Trinajstić information content (AvgIpc) is 2.68. The molecule has 94 valence electrons. The van der Waals surface area contributed by atoms with Gasteiger partial charge < -0.3 is 14.9 Å². The van der Waals surface area contributed by atoms with Gasteiger partial charge in [-0.2, -0.15) is 0 Å². The molecule has 1 atom stereocenters. The van der Waals surface area contributed by atoms with Crippen LogP contribution in [-0.4, -0.2) is 60.8 Å². The monoisotopic (exact) mass is 226 g/mol. The predicted octanol–water partition coefficient (Wildman–Crippen LogP) is 1.17. The molecule has 1 N–H and O–H groups in total. The summed E-state index contributed by atoms with van der Waals surface area (Å²) in [5.74, 6) is 0.819. The Morgan fingerprint density at radius 2 is 1.88 bits per heavy atom. The number of aliphatic hydroxyl groups is 1. The maximum absolute atomic E-state index is 9.49. The number of aliphatic hydroxyl groups excluding tert-OH is 1. The van der Waals surface area contributed by atoms with E-state index in [1.807, 2.05) is 0 Å². The molecule has 1 saturated carbocycles. The van der Waals surface area contributed by atoms with Gasteiger partial charge in [0.15, 0.2) is 0 Å². The molecule has 3 nitrogen and oxygen atoms in total. The van der Waals surface area contributed by atoms with E-state index < -0.39 is 0 Å². The third-order valence-corrected chi connectivity index (χ3v) is 4.35. The first-order valence-electron chi connectivity index (χ1n) is 6.72. The smallest absolute Gasteiger partial charge is 0.0540 e. The molecule has 0 aromatic carbocycles. The Morgan fingerprint density at radius 3 is 2.44 bits per heavy atom. The van der Waals surface area contributed by atoms with Crippen LogP contribution in [0, 0.1) is 5.92 Å². The van der Waals surface area contributed by atoms with Crippen LogP contribution >= 0.6 is 0 Å². The van der Waals surface area contributed by atoms with Gasteiger partial charge in [0.2, 0.25) is 0 Å². The van der Waals surface area contributed by atoms with Crippen molar-refractivity contribution in [2.24, 2.45) is 5.92 Å². The average molecular weight is 226 g/mol. The maximum Gasteiger partial charge on any atom is 0.0540 e. The molecular weight excluding hydrogens is 200 g/mol. The summed E-state index contributed by atoms with van der Waals surface area (Å²) < 4.78 is 0. The normalized spacial score (nSPS) is 37.1. The van der Waals surface area contributed by atoms with Crippen molar-refractivity contribution < 1.29 is 5.11 Å². The van der Waals surface area contributed by atoms with Crippen LogP contribution in [0.2, 0.25) is 0 Å². The molecule has 16 heavy (non-hydrogen) atoms. The molecule has 2 rings (SSSR count). The first-order chi connectivity index (χ1) is 7.65. The lowest BCUT2D eigenvalue weighted by molar-refractivity contribution is 0.0915. The van der Waals surface area contributed by atoms with Crippen molar-refractivity contribution in [1.29, 1.82) is 0 Å². The zero-order chi connectivity index (χ0) is 11.5. The Balaban J connectivity index is 1.72. The highest BCUT2D eigenvalue weighted by Gasteiger charge is 2.26. The number of likely N-dealkylation sites (N-methyl/N-ethyl adjacent to an activating group) is 2. The first-order valence-corrected chi connectivity index (χ1v) is 6.72. The topological polar surface area (TPSA) is 26.7 Å². The minimum absolute atomic E-state index is 0.0147. The van der Waals surface area contributed by atoms with Crippen molar-refractivity contribution in [3.05, 3.63) is 0 Å². The second kappa shape index (κ2) is 5.48. The van der Waals surface area contributed by atoms with E-state index in [2.05, 4.69) is 23.9 Å². The number of likely N-dealkylation sites (tertiary alicyclic amines) is 1. The van der Waals surface area contributed by atoms with Crippen molar-refractivity contribution in [1.82, 2.24) is 9.80 Å². The molecule has 1 unspecified atom stereocenters. The maximum atomic E-state index is 9.49. The quantitative estimate of drug-likeness (QED) is 0.782. The molecule has 1 aliphatic carbocycles. The Hall–Kier alpha value is -0.120. The number of nitrogens with zero attached hydrogens (tertiary/aromatic N) is 2. The van der Waals surface area contributed by atoms with Crippen molar-refractivity contribution in [2.75, 3.05) is 33.7 Å². The summed E-state index contributed by atoms with van der Waals surface area (Å²) in [6.07, 6.45) is 5.77. The zero-order valence-corrected chi connectivity index (χ0v) is 10.7. The molecular formula is C13H26N2O. The Bertz CT molecular complexity index is 214. The summed E-state index contributed by atoms with van der Waals surface area (Å²) in [4.78, 5) is 4.97. The minimum Gasteiger partial charge on any atom is -0.393 e. The van der Waals surface area contributed by atoms with Crippen LogP contribution in [0.15, 0.2) is 0 Å². The van der Waals surface area contributed by atoms with Crippen molar-refractivity contribution in [3.63, 3.8) is 0 Å². The third-order valence-electron chi connectivity index (χ3n) is 4.35. The second-order valence-corrected chi connectivity index (χ2v) is 5.82. The zero-order valence-electron chi connectivity index (χ0n) is 10.7.